The summed E-state index contributed by atoms with van der Waals surface area (Å²) in [5.41, 5.74) is 5.34. The van der Waals surface area contributed by atoms with Crippen LogP contribution in [0.5, 0.6) is 0 Å². The van der Waals surface area contributed by atoms with Gasteiger partial charge >= 0.3 is 0 Å². The van der Waals surface area contributed by atoms with Gasteiger partial charge in [0.1, 0.15) is 11.6 Å². The number of hydrogen-bond acceptors (Lipinski definition) is 1. The molecule has 5 heteroatoms. The molecule has 0 fully saturated rings. The number of hydrogen-bond donors (Lipinski definition) is 1. The molecule has 0 atom stereocenters. The Balaban J connectivity index is 1.85. The first-order valence-corrected chi connectivity index (χ1v) is 11.1. The molecule has 156 valence electrons. The van der Waals surface area contributed by atoms with Crippen LogP contribution in [0.25, 0.3) is 44.4 Å². The second kappa shape index (κ2) is 8.31. The Morgan fingerprint density at radius 1 is 0.656 bits per heavy atom. The van der Waals surface area contributed by atoms with E-state index in [0.717, 1.165) is 33.5 Å². The first-order valence-electron chi connectivity index (χ1n) is 9.98. The van der Waals surface area contributed by atoms with Gasteiger partial charge in [-0.05, 0) is 81.2 Å². The summed E-state index contributed by atoms with van der Waals surface area (Å²) in [6.07, 6.45) is 0. The fraction of sp³-hybridized carbons (Fsp3) is 0. The van der Waals surface area contributed by atoms with Crippen LogP contribution >= 0.6 is 22.6 Å². The van der Waals surface area contributed by atoms with Crippen molar-refractivity contribution in [2.24, 2.45) is 0 Å². The third kappa shape index (κ3) is 3.73. The maximum atomic E-state index is 13.6. The predicted octanol–water partition coefficient (Wildman–Crippen LogP) is 7.41. The summed E-state index contributed by atoms with van der Waals surface area (Å²) in [4.78, 5) is 16.9. The topological polar surface area (TPSA) is 32.9 Å². The van der Waals surface area contributed by atoms with Crippen molar-refractivity contribution in [3.8, 4) is 33.5 Å². The standard InChI is InChI=1S/C27H16F2INO/c28-20-10-6-16(7-11-20)19-14-22(17-8-12-21(29)13-9-17)26-23(15-19)27(32)24(30)25(31-26)18-4-2-1-3-5-18/h1-15H,(H,31,32). The van der Waals surface area contributed by atoms with Gasteiger partial charge in [-0.2, -0.15) is 0 Å². The number of aromatic nitrogens is 1. The van der Waals surface area contributed by atoms with Crippen molar-refractivity contribution in [1.29, 1.82) is 0 Å². The number of benzene rings is 4. The van der Waals surface area contributed by atoms with Crippen molar-refractivity contribution < 1.29 is 8.78 Å². The van der Waals surface area contributed by atoms with E-state index in [2.05, 4.69) is 27.6 Å². The first-order chi connectivity index (χ1) is 15.5. The highest BCUT2D eigenvalue weighted by Crippen LogP contribution is 2.34. The minimum Gasteiger partial charge on any atom is -0.353 e. The summed E-state index contributed by atoms with van der Waals surface area (Å²) in [7, 11) is 0. The van der Waals surface area contributed by atoms with Crippen molar-refractivity contribution in [2.75, 3.05) is 0 Å². The summed E-state index contributed by atoms with van der Waals surface area (Å²) in [5.74, 6) is -0.658. The van der Waals surface area contributed by atoms with Crippen LogP contribution in [-0.4, -0.2) is 4.98 Å². The number of rotatable bonds is 3. The van der Waals surface area contributed by atoms with Crippen LogP contribution in [0, 0.1) is 15.2 Å². The minimum absolute atomic E-state index is 0.0921. The van der Waals surface area contributed by atoms with Crippen molar-refractivity contribution in [2.45, 2.75) is 0 Å². The van der Waals surface area contributed by atoms with Gasteiger partial charge in [0.2, 0.25) is 5.43 Å². The smallest absolute Gasteiger partial charge is 0.203 e. The molecule has 0 bridgehead atoms. The highest BCUT2D eigenvalue weighted by Gasteiger charge is 2.16. The molecule has 0 saturated carbocycles. The predicted molar refractivity (Wildman–Crippen MR) is 134 cm³/mol. The van der Waals surface area contributed by atoms with Crippen LogP contribution in [0.4, 0.5) is 8.78 Å². The van der Waals surface area contributed by atoms with Gasteiger partial charge in [0.15, 0.2) is 0 Å². The Morgan fingerprint density at radius 3 is 1.88 bits per heavy atom. The Hall–Kier alpha value is -3.32. The summed E-state index contributed by atoms with van der Waals surface area (Å²) < 4.78 is 27.7. The maximum absolute atomic E-state index is 13.6. The average Bonchev–Trinajstić information content (AvgIpc) is 2.82. The third-order valence-electron chi connectivity index (χ3n) is 5.45. The normalized spacial score (nSPS) is 11.1. The number of H-pyrrole nitrogens is 1. The van der Waals surface area contributed by atoms with Crippen LogP contribution in [0.15, 0.2) is 95.8 Å². The van der Waals surface area contributed by atoms with E-state index >= 15 is 0 Å². The molecule has 0 saturated heterocycles. The van der Waals surface area contributed by atoms with Gasteiger partial charge in [0.25, 0.3) is 0 Å². The molecule has 0 aliphatic rings. The summed E-state index contributed by atoms with van der Waals surface area (Å²) in [5, 5.41) is 0.523. The second-order valence-corrected chi connectivity index (χ2v) is 8.55. The molecule has 0 aliphatic carbocycles. The Bertz CT molecular complexity index is 1490. The molecule has 32 heavy (non-hydrogen) atoms. The van der Waals surface area contributed by atoms with Crippen molar-refractivity contribution in [3.05, 3.63) is 116 Å². The molecule has 0 aliphatic heterocycles. The quantitative estimate of drug-likeness (QED) is 0.240. The van der Waals surface area contributed by atoms with E-state index < -0.39 is 0 Å². The van der Waals surface area contributed by atoms with E-state index in [9.17, 15) is 13.6 Å². The lowest BCUT2D eigenvalue weighted by Gasteiger charge is -2.14. The van der Waals surface area contributed by atoms with Crippen LogP contribution in [0.1, 0.15) is 0 Å². The number of fused-ring (bicyclic) bond motifs is 1. The van der Waals surface area contributed by atoms with E-state index in [1.54, 1.807) is 24.3 Å². The van der Waals surface area contributed by atoms with E-state index in [1.165, 1.54) is 24.3 Å². The molecule has 0 radical (unpaired) electrons. The van der Waals surface area contributed by atoms with Crippen molar-refractivity contribution >= 4 is 33.5 Å². The molecule has 2 nitrogen and oxygen atoms in total. The van der Waals surface area contributed by atoms with Crippen LogP contribution < -0.4 is 5.43 Å². The zero-order valence-electron chi connectivity index (χ0n) is 16.7. The number of nitrogens with one attached hydrogen (secondary N) is 1. The van der Waals surface area contributed by atoms with Gasteiger partial charge in [-0.25, -0.2) is 8.78 Å². The van der Waals surface area contributed by atoms with Crippen molar-refractivity contribution in [1.82, 2.24) is 4.98 Å². The molecule has 1 N–H and O–H groups in total. The van der Waals surface area contributed by atoms with E-state index in [4.69, 9.17) is 0 Å². The van der Waals surface area contributed by atoms with E-state index in [-0.39, 0.29) is 17.1 Å². The maximum Gasteiger partial charge on any atom is 0.203 e. The Labute approximate surface area is 196 Å². The Morgan fingerprint density at radius 2 is 1.25 bits per heavy atom. The van der Waals surface area contributed by atoms with Gasteiger partial charge < -0.3 is 4.98 Å². The number of halogens is 3. The molecule has 0 unspecified atom stereocenters. The van der Waals surface area contributed by atoms with Crippen LogP contribution in [0.2, 0.25) is 0 Å². The monoisotopic (exact) mass is 535 g/mol. The summed E-state index contributed by atoms with van der Waals surface area (Å²) in [6, 6.07) is 25.8. The summed E-state index contributed by atoms with van der Waals surface area (Å²) >= 11 is 2.08. The molecular weight excluding hydrogens is 519 g/mol. The third-order valence-corrected chi connectivity index (χ3v) is 6.48. The molecular formula is C27H16F2INO. The lowest BCUT2D eigenvalue weighted by atomic mass is 9.95. The lowest BCUT2D eigenvalue weighted by molar-refractivity contribution is 0.627. The number of aromatic amines is 1. The SMILES string of the molecule is O=c1c(I)c(-c2ccccc2)[nH]c2c(-c3ccc(F)cc3)cc(-c3ccc(F)cc3)cc12. The number of pyridine rings is 1. The van der Waals surface area contributed by atoms with E-state index in [1.807, 2.05) is 42.5 Å². The zero-order valence-corrected chi connectivity index (χ0v) is 18.9. The van der Waals surface area contributed by atoms with Crippen LogP contribution in [-0.2, 0) is 0 Å². The molecule has 0 amide bonds. The van der Waals surface area contributed by atoms with Crippen LogP contribution in [0.3, 0.4) is 0 Å². The second-order valence-electron chi connectivity index (χ2n) is 7.47. The minimum atomic E-state index is -0.333. The van der Waals surface area contributed by atoms with Crippen molar-refractivity contribution in [3.63, 3.8) is 0 Å². The Kier molecular flexibility index (Phi) is 5.35. The largest absolute Gasteiger partial charge is 0.353 e. The fourth-order valence-corrected chi connectivity index (χ4v) is 4.57. The zero-order chi connectivity index (χ0) is 22.2. The highest BCUT2D eigenvalue weighted by molar-refractivity contribution is 14.1. The highest BCUT2D eigenvalue weighted by atomic mass is 127. The fourth-order valence-electron chi connectivity index (χ4n) is 3.84. The van der Waals surface area contributed by atoms with Gasteiger partial charge in [0.05, 0.1) is 14.8 Å². The first kappa shape index (κ1) is 20.6. The molecule has 1 aromatic heterocycles. The molecule has 1 heterocycles. The summed E-state index contributed by atoms with van der Waals surface area (Å²) in [6.45, 7) is 0. The van der Waals surface area contributed by atoms with Gasteiger partial charge in [-0.15, -0.1) is 0 Å². The molecule has 5 rings (SSSR count). The molecule has 5 aromatic rings. The van der Waals surface area contributed by atoms with Gasteiger partial charge in [0, 0.05) is 10.9 Å². The van der Waals surface area contributed by atoms with Gasteiger partial charge in [-0.1, -0.05) is 54.6 Å². The van der Waals surface area contributed by atoms with Gasteiger partial charge in [-0.3, -0.25) is 4.79 Å². The molecule has 4 aromatic carbocycles. The average molecular weight is 535 g/mol. The van der Waals surface area contributed by atoms with E-state index in [0.29, 0.717) is 14.5 Å². The lowest BCUT2D eigenvalue weighted by Crippen LogP contribution is -2.10. The molecule has 0 spiro atoms.